The van der Waals surface area contributed by atoms with Crippen molar-refractivity contribution in [2.75, 3.05) is 6.26 Å². The molecule has 0 amide bonds. The van der Waals surface area contributed by atoms with Crippen LogP contribution >= 0.6 is 23.1 Å². The highest BCUT2D eigenvalue weighted by atomic mass is 32.2. The molecule has 3 N–H and O–H groups in total. The Bertz CT molecular complexity index is 300. The molecule has 1 atom stereocenters. The molecule has 1 rings (SSSR count). The second-order valence-electron chi connectivity index (χ2n) is 2.42. The molecule has 4 nitrogen and oxygen atoms in total. The zero-order valence-electron chi connectivity index (χ0n) is 7.06. The summed E-state index contributed by atoms with van der Waals surface area (Å²) in [4.78, 5) is 14.6. The number of thioether (sulfide) groups is 1. The van der Waals surface area contributed by atoms with E-state index >= 15 is 0 Å². The zero-order valence-corrected chi connectivity index (χ0v) is 8.69. The van der Waals surface area contributed by atoms with Crippen molar-refractivity contribution in [3.8, 4) is 0 Å². The molecule has 6 heteroatoms. The van der Waals surface area contributed by atoms with Crippen LogP contribution in [0.4, 0.5) is 0 Å². The van der Waals surface area contributed by atoms with Gasteiger partial charge in [0.25, 0.3) is 0 Å². The second-order valence-corrected chi connectivity index (χ2v) is 4.22. The van der Waals surface area contributed by atoms with Crippen LogP contribution in [0.2, 0.25) is 0 Å². The predicted octanol–water partition coefficient (Wildman–Crippen LogP) is 1.09. The van der Waals surface area contributed by atoms with Gasteiger partial charge in [0.05, 0.1) is 5.69 Å². The highest BCUT2D eigenvalue weighted by Gasteiger charge is 2.17. The number of aromatic nitrogens is 1. The molecular weight excluding hydrogens is 208 g/mol. The quantitative estimate of drug-likeness (QED) is 0.791. The van der Waals surface area contributed by atoms with E-state index in [1.54, 1.807) is 17.1 Å². The molecule has 0 saturated heterocycles. The minimum absolute atomic E-state index is 0.446. The molecular formula is C7H10N2O2S2. The monoisotopic (exact) mass is 218 g/mol. The first-order valence-corrected chi connectivity index (χ1v) is 5.84. The lowest BCUT2D eigenvalue weighted by molar-refractivity contribution is -0.138. The van der Waals surface area contributed by atoms with Gasteiger partial charge in [-0.2, -0.15) is 11.8 Å². The van der Waals surface area contributed by atoms with E-state index in [9.17, 15) is 4.79 Å². The van der Waals surface area contributed by atoms with E-state index in [0.29, 0.717) is 5.69 Å². The third-order valence-corrected chi connectivity index (χ3v) is 3.03. The second kappa shape index (κ2) is 4.59. The number of rotatable bonds is 4. The first kappa shape index (κ1) is 10.5. The van der Waals surface area contributed by atoms with Crippen molar-refractivity contribution in [1.29, 1.82) is 0 Å². The highest BCUT2D eigenvalue weighted by molar-refractivity contribution is 7.97. The third kappa shape index (κ3) is 2.68. The number of carboxylic acids is 1. The van der Waals surface area contributed by atoms with Crippen LogP contribution < -0.4 is 5.73 Å². The SMILES string of the molecule is CSCc1nc(C(N)C(=O)O)cs1. The topological polar surface area (TPSA) is 76.2 Å². The normalized spacial score (nSPS) is 12.8. The number of aliphatic carboxylic acids is 1. The Balaban J connectivity index is 2.73. The van der Waals surface area contributed by atoms with Crippen LogP contribution in [0.15, 0.2) is 5.38 Å². The molecule has 0 aliphatic heterocycles. The maximum atomic E-state index is 10.5. The molecule has 0 spiro atoms. The lowest BCUT2D eigenvalue weighted by Gasteiger charge is -2.00. The molecule has 0 aliphatic carbocycles. The van der Waals surface area contributed by atoms with E-state index in [2.05, 4.69) is 4.98 Å². The molecule has 0 aromatic carbocycles. The number of carboxylic acid groups (broad SMARTS) is 1. The lowest BCUT2D eigenvalue weighted by Crippen LogP contribution is -2.20. The minimum Gasteiger partial charge on any atom is -0.480 e. The minimum atomic E-state index is -1.04. The highest BCUT2D eigenvalue weighted by Crippen LogP contribution is 2.18. The van der Waals surface area contributed by atoms with Gasteiger partial charge >= 0.3 is 5.97 Å². The van der Waals surface area contributed by atoms with Gasteiger partial charge in [0, 0.05) is 11.1 Å². The Labute approximate surface area is 84.2 Å². The van der Waals surface area contributed by atoms with E-state index in [-0.39, 0.29) is 0 Å². The number of thiazole rings is 1. The van der Waals surface area contributed by atoms with Crippen molar-refractivity contribution in [2.45, 2.75) is 11.8 Å². The number of nitrogens with zero attached hydrogens (tertiary/aromatic N) is 1. The largest absolute Gasteiger partial charge is 0.480 e. The van der Waals surface area contributed by atoms with E-state index in [1.807, 2.05) is 6.26 Å². The molecule has 0 aliphatic rings. The molecule has 1 aromatic rings. The Hall–Kier alpha value is -0.590. The average molecular weight is 218 g/mol. The van der Waals surface area contributed by atoms with Gasteiger partial charge in [-0.15, -0.1) is 11.3 Å². The van der Waals surface area contributed by atoms with Crippen LogP contribution in [-0.2, 0) is 10.5 Å². The Morgan fingerprint density at radius 1 is 1.92 bits per heavy atom. The molecule has 1 unspecified atom stereocenters. The van der Waals surface area contributed by atoms with Crippen LogP contribution in [0, 0.1) is 0 Å². The molecule has 1 aromatic heterocycles. The van der Waals surface area contributed by atoms with E-state index in [4.69, 9.17) is 10.8 Å². The van der Waals surface area contributed by atoms with Gasteiger partial charge in [-0.3, -0.25) is 4.79 Å². The van der Waals surface area contributed by atoms with Crippen molar-refractivity contribution in [3.63, 3.8) is 0 Å². The first-order chi connectivity index (χ1) is 6.15. The number of hydrogen-bond acceptors (Lipinski definition) is 5. The van der Waals surface area contributed by atoms with Gasteiger partial charge in [-0.1, -0.05) is 0 Å². The molecule has 0 radical (unpaired) electrons. The summed E-state index contributed by atoms with van der Waals surface area (Å²) in [6, 6.07) is -0.994. The van der Waals surface area contributed by atoms with Crippen LogP contribution in [-0.4, -0.2) is 22.3 Å². The van der Waals surface area contributed by atoms with Crippen LogP contribution in [0.25, 0.3) is 0 Å². The maximum absolute atomic E-state index is 10.5. The summed E-state index contributed by atoms with van der Waals surface area (Å²) in [5, 5.41) is 11.2. The summed E-state index contributed by atoms with van der Waals surface area (Å²) in [5.41, 5.74) is 5.83. The summed E-state index contributed by atoms with van der Waals surface area (Å²) in [6.45, 7) is 0. The smallest absolute Gasteiger partial charge is 0.326 e. The fraction of sp³-hybridized carbons (Fsp3) is 0.429. The van der Waals surface area contributed by atoms with E-state index < -0.39 is 12.0 Å². The molecule has 72 valence electrons. The van der Waals surface area contributed by atoms with Crippen LogP contribution in [0.3, 0.4) is 0 Å². The Morgan fingerprint density at radius 2 is 2.62 bits per heavy atom. The molecule has 0 bridgehead atoms. The van der Waals surface area contributed by atoms with E-state index in [0.717, 1.165) is 10.8 Å². The first-order valence-electron chi connectivity index (χ1n) is 3.56. The number of carbonyl (C=O) groups is 1. The van der Waals surface area contributed by atoms with Gasteiger partial charge in [0.2, 0.25) is 0 Å². The fourth-order valence-electron chi connectivity index (χ4n) is 0.784. The summed E-state index contributed by atoms with van der Waals surface area (Å²) in [7, 11) is 0. The summed E-state index contributed by atoms with van der Waals surface area (Å²) >= 11 is 3.09. The summed E-state index contributed by atoms with van der Waals surface area (Å²) in [6.07, 6.45) is 1.97. The van der Waals surface area contributed by atoms with Gasteiger partial charge < -0.3 is 10.8 Å². The zero-order chi connectivity index (χ0) is 9.84. The van der Waals surface area contributed by atoms with E-state index in [1.165, 1.54) is 11.3 Å². The van der Waals surface area contributed by atoms with Crippen molar-refractivity contribution in [2.24, 2.45) is 5.73 Å². The van der Waals surface area contributed by atoms with Gasteiger partial charge in [0.15, 0.2) is 0 Å². The van der Waals surface area contributed by atoms with Crippen molar-refractivity contribution >= 4 is 29.1 Å². The van der Waals surface area contributed by atoms with Crippen molar-refractivity contribution < 1.29 is 9.90 Å². The van der Waals surface area contributed by atoms with Crippen LogP contribution in [0.1, 0.15) is 16.7 Å². The standard InChI is InChI=1S/C7H10N2O2S2/c1-12-3-5-9-4(2-13-5)6(8)7(10)11/h2,6H,3,8H2,1H3,(H,10,11). The molecule has 0 saturated carbocycles. The lowest BCUT2D eigenvalue weighted by atomic mass is 10.2. The molecule has 13 heavy (non-hydrogen) atoms. The predicted molar refractivity (Wildman–Crippen MR) is 53.9 cm³/mol. The fourth-order valence-corrected chi connectivity index (χ4v) is 2.34. The Morgan fingerprint density at radius 3 is 3.15 bits per heavy atom. The Kier molecular flexibility index (Phi) is 3.71. The van der Waals surface area contributed by atoms with Gasteiger partial charge in [0.1, 0.15) is 11.0 Å². The summed E-state index contributed by atoms with van der Waals surface area (Å²) < 4.78 is 0. The van der Waals surface area contributed by atoms with Crippen LogP contribution in [0.5, 0.6) is 0 Å². The van der Waals surface area contributed by atoms with Crippen molar-refractivity contribution in [3.05, 3.63) is 16.1 Å². The maximum Gasteiger partial charge on any atom is 0.326 e. The van der Waals surface area contributed by atoms with Gasteiger partial charge in [-0.05, 0) is 6.26 Å². The van der Waals surface area contributed by atoms with Gasteiger partial charge in [-0.25, -0.2) is 4.98 Å². The molecule has 1 heterocycles. The molecule has 0 fully saturated rings. The third-order valence-electron chi connectivity index (χ3n) is 1.42. The number of hydrogen-bond donors (Lipinski definition) is 2. The van der Waals surface area contributed by atoms with Crippen molar-refractivity contribution in [1.82, 2.24) is 4.98 Å². The number of nitrogens with two attached hydrogens (primary N) is 1. The average Bonchev–Trinajstić information content (AvgIpc) is 2.52. The summed E-state index contributed by atoms with van der Waals surface area (Å²) in [5.74, 6) is -0.238.